The van der Waals surface area contributed by atoms with Gasteiger partial charge in [-0.1, -0.05) is 29.8 Å². The Morgan fingerprint density at radius 2 is 2.00 bits per heavy atom. The molecule has 1 amide bonds. The van der Waals surface area contributed by atoms with Gasteiger partial charge < -0.3 is 15.4 Å². The van der Waals surface area contributed by atoms with Crippen LogP contribution in [-0.4, -0.2) is 37.6 Å². The van der Waals surface area contributed by atoms with Crippen molar-refractivity contribution in [1.82, 2.24) is 4.90 Å². The molecule has 0 aromatic heterocycles. The number of amides is 1. The third-order valence-corrected chi connectivity index (χ3v) is 3.02. The van der Waals surface area contributed by atoms with Gasteiger partial charge >= 0.3 is 0 Å². The highest BCUT2D eigenvalue weighted by atomic mass is 16.5. The number of hydrogen-bond acceptors (Lipinski definition) is 3. The zero-order valence-corrected chi connectivity index (χ0v) is 11.3. The third kappa shape index (κ3) is 4.13. The molecule has 18 heavy (non-hydrogen) atoms. The van der Waals surface area contributed by atoms with Gasteiger partial charge in [0.15, 0.2) is 0 Å². The Morgan fingerprint density at radius 1 is 1.39 bits per heavy atom. The Kier molecular flexibility index (Phi) is 5.82. The first-order valence-electron chi connectivity index (χ1n) is 6.16. The Labute approximate surface area is 109 Å². The molecule has 1 aromatic rings. The summed E-state index contributed by atoms with van der Waals surface area (Å²) in [5.41, 5.74) is 7.64. The topological polar surface area (TPSA) is 55.6 Å². The van der Waals surface area contributed by atoms with Gasteiger partial charge in [0, 0.05) is 13.6 Å². The van der Waals surface area contributed by atoms with Gasteiger partial charge in [-0.2, -0.15) is 0 Å². The summed E-state index contributed by atoms with van der Waals surface area (Å²) in [6.45, 7) is 4.99. The lowest BCUT2D eigenvalue weighted by Gasteiger charge is -2.25. The maximum atomic E-state index is 11.9. The van der Waals surface area contributed by atoms with E-state index in [0.29, 0.717) is 13.2 Å². The number of benzene rings is 1. The summed E-state index contributed by atoms with van der Waals surface area (Å²) in [4.78, 5) is 13.6. The van der Waals surface area contributed by atoms with Crippen LogP contribution < -0.4 is 5.73 Å². The van der Waals surface area contributed by atoms with Gasteiger partial charge in [-0.15, -0.1) is 0 Å². The van der Waals surface area contributed by atoms with Crippen LogP contribution >= 0.6 is 0 Å². The lowest BCUT2D eigenvalue weighted by Crippen LogP contribution is -2.33. The van der Waals surface area contributed by atoms with E-state index in [-0.39, 0.29) is 18.6 Å². The Morgan fingerprint density at radius 3 is 2.56 bits per heavy atom. The summed E-state index contributed by atoms with van der Waals surface area (Å²) in [6, 6.07) is 8.23. The van der Waals surface area contributed by atoms with Crippen molar-refractivity contribution >= 4 is 5.91 Å². The van der Waals surface area contributed by atoms with Gasteiger partial charge in [0.1, 0.15) is 6.61 Å². The number of hydrogen-bond donors (Lipinski definition) is 1. The Hall–Kier alpha value is -1.39. The van der Waals surface area contributed by atoms with E-state index in [1.807, 2.05) is 26.0 Å². The fraction of sp³-hybridized carbons (Fsp3) is 0.500. The van der Waals surface area contributed by atoms with Gasteiger partial charge in [0.25, 0.3) is 0 Å². The van der Waals surface area contributed by atoms with Crippen molar-refractivity contribution in [2.24, 2.45) is 5.73 Å². The van der Waals surface area contributed by atoms with Crippen molar-refractivity contribution in [2.45, 2.75) is 19.9 Å². The Bertz CT molecular complexity index is 376. The molecule has 0 saturated carbocycles. The number of aryl methyl sites for hydroxylation is 1. The van der Waals surface area contributed by atoms with Crippen LogP contribution in [0, 0.1) is 6.92 Å². The third-order valence-electron chi connectivity index (χ3n) is 3.02. The molecule has 4 nitrogen and oxygen atoms in total. The predicted octanol–water partition coefficient (Wildman–Crippen LogP) is 1.49. The monoisotopic (exact) mass is 250 g/mol. The number of nitrogens with zero attached hydrogens (tertiary/aromatic N) is 1. The quantitative estimate of drug-likeness (QED) is 0.778. The minimum Gasteiger partial charge on any atom is -0.370 e. The van der Waals surface area contributed by atoms with E-state index >= 15 is 0 Å². The lowest BCUT2D eigenvalue weighted by atomic mass is 10.1. The molecule has 0 aliphatic carbocycles. The van der Waals surface area contributed by atoms with Crippen molar-refractivity contribution in [3.63, 3.8) is 0 Å². The van der Waals surface area contributed by atoms with Crippen LogP contribution in [-0.2, 0) is 9.53 Å². The maximum Gasteiger partial charge on any atom is 0.248 e. The molecule has 0 radical (unpaired) electrons. The van der Waals surface area contributed by atoms with Crippen LogP contribution in [0.2, 0.25) is 0 Å². The number of carbonyl (C=O) groups is 1. The molecule has 0 fully saturated rings. The van der Waals surface area contributed by atoms with Crippen molar-refractivity contribution in [1.29, 1.82) is 0 Å². The molecule has 0 saturated heterocycles. The number of nitrogens with two attached hydrogens (primary N) is 1. The molecule has 1 unspecified atom stereocenters. The zero-order chi connectivity index (χ0) is 13.5. The van der Waals surface area contributed by atoms with Crippen LogP contribution in [0.3, 0.4) is 0 Å². The van der Waals surface area contributed by atoms with Crippen molar-refractivity contribution < 1.29 is 9.53 Å². The van der Waals surface area contributed by atoms with E-state index < -0.39 is 0 Å². The summed E-state index contributed by atoms with van der Waals surface area (Å²) >= 11 is 0. The van der Waals surface area contributed by atoms with E-state index in [0.717, 1.165) is 5.56 Å². The summed E-state index contributed by atoms with van der Waals surface area (Å²) in [5.74, 6) is -0.0310. The van der Waals surface area contributed by atoms with Crippen LogP contribution in [0.5, 0.6) is 0 Å². The lowest BCUT2D eigenvalue weighted by molar-refractivity contribution is -0.136. The van der Waals surface area contributed by atoms with Crippen LogP contribution in [0.1, 0.15) is 24.1 Å². The van der Waals surface area contributed by atoms with Gasteiger partial charge in [-0.3, -0.25) is 4.79 Å². The summed E-state index contributed by atoms with van der Waals surface area (Å²) in [6.07, 6.45) is 0. The molecule has 0 aliphatic heterocycles. The molecular formula is C14H22N2O2. The molecular weight excluding hydrogens is 228 g/mol. The van der Waals surface area contributed by atoms with Crippen LogP contribution in [0.4, 0.5) is 0 Å². The fourth-order valence-corrected chi connectivity index (χ4v) is 1.63. The van der Waals surface area contributed by atoms with Gasteiger partial charge in [-0.05, 0) is 19.4 Å². The van der Waals surface area contributed by atoms with E-state index in [4.69, 9.17) is 10.5 Å². The molecule has 4 heteroatoms. The minimum absolute atomic E-state index is 0.0310. The maximum absolute atomic E-state index is 11.9. The number of rotatable bonds is 6. The highest BCUT2D eigenvalue weighted by molar-refractivity contribution is 5.77. The standard InChI is InChI=1S/C14H22N2O2/c1-11-4-6-13(7-5-11)12(2)16(3)14(17)10-18-9-8-15/h4-7,12H,8-10,15H2,1-3H3. The molecule has 100 valence electrons. The van der Waals surface area contributed by atoms with Crippen molar-refractivity contribution in [2.75, 3.05) is 26.8 Å². The molecule has 1 rings (SSSR count). The fourth-order valence-electron chi connectivity index (χ4n) is 1.63. The van der Waals surface area contributed by atoms with Crippen LogP contribution in [0.15, 0.2) is 24.3 Å². The zero-order valence-electron chi connectivity index (χ0n) is 11.3. The number of ether oxygens (including phenoxy) is 1. The second-order valence-electron chi connectivity index (χ2n) is 4.43. The highest BCUT2D eigenvalue weighted by Gasteiger charge is 2.16. The van der Waals surface area contributed by atoms with E-state index in [1.54, 1.807) is 11.9 Å². The first-order chi connectivity index (χ1) is 8.56. The number of carbonyl (C=O) groups excluding carboxylic acids is 1. The first kappa shape index (κ1) is 14.7. The van der Waals surface area contributed by atoms with E-state index in [1.165, 1.54) is 5.56 Å². The Balaban J connectivity index is 2.57. The smallest absolute Gasteiger partial charge is 0.248 e. The molecule has 2 N–H and O–H groups in total. The predicted molar refractivity (Wildman–Crippen MR) is 72.2 cm³/mol. The molecule has 0 aliphatic rings. The van der Waals surface area contributed by atoms with Crippen LogP contribution in [0.25, 0.3) is 0 Å². The second kappa shape index (κ2) is 7.13. The summed E-state index contributed by atoms with van der Waals surface area (Å²) in [7, 11) is 1.79. The van der Waals surface area contributed by atoms with E-state index in [9.17, 15) is 4.79 Å². The molecule has 0 bridgehead atoms. The molecule has 1 atom stereocenters. The molecule has 1 aromatic carbocycles. The minimum atomic E-state index is -0.0310. The summed E-state index contributed by atoms with van der Waals surface area (Å²) in [5, 5.41) is 0. The second-order valence-corrected chi connectivity index (χ2v) is 4.43. The largest absolute Gasteiger partial charge is 0.370 e. The average Bonchev–Trinajstić information content (AvgIpc) is 2.38. The summed E-state index contributed by atoms with van der Waals surface area (Å²) < 4.78 is 5.15. The van der Waals surface area contributed by atoms with Gasteiger partial charge in [-0.25, -0.2) is 0 Å². The van der Waals surface area contributed by atoms with Gasteiger partial charge in [0.05, 0.1) is 12.6 Å². The van der Waals surface area contributed by atoms with Gasteiger partial charge in [0.2, 0.25) is 5.91 Å². The normalized spacial score (nSPS) is 12.2. The first-order valence-corrected chi connectivity index (χ1v) is 6.16. The number of likely N-dealkylation sites (N-methyl/N-ethyl adjacent to an activating group) is 1. The van der Waals surface area contributed by atoms with E-state index in [2.05, 4.69) is 12.1 Å². The molecule has 0 heterocycles. The van der Waals surface area contributed by atoms with Crippen molar-refractivity contribution in [3.05, 3.63) is 35.4 Å². The average molecular weight is 250 g/mol. The highest BCUT2D eigenvalue weighted by Crippen LogP contribution is 2.19. The molecule has 0 spiro atoms. The SMILES string of the molecule is Cc1ccc(C(C)N(C)C(=O)COCCN)cc1. The van der Waals surface area contributed by atoms with Crippen molar-refractivity contribution in [3.8, 4) is 0 Å².